The van der Waals surface area contributed by atoms with Crippen LogP contribution >= 0.6 is 15.9 Å². The third kappa shape index (κ3) is 3.93. The van der Waals surface area contributed by atoms with E-state index in [1.165, 1.54) is 15.3 Å². The van der Waals surface area contributed by atoms with Crippen LogP contribution in [0.15, 0.2) is 45.8 Å². The van der Waals surface area contributed by atoms with Gasteiger partial charge in [-0.1, -0.05) is 15.9 Å². The van der Waals surface area contributed by atoms with Crippen molar-refractivity contribution in [1.29, 1.82) is 0 Å². The highest BCUT2D eigenvalue weighted by Gasteiger charge is 2.30. The summed E-state index contributed by atoms with van der Waals surface area (Å²) in [6.45, 7) is 2.62. The molecule has 0 saturated carbocycles. The molecule has 0 atom stereocenters. The summed E-state index contributed by atoms with van der Waals surface area (Å²) in [6, 6.07) is 8.98. The molecule has 0 N–H and O–H groups in total. The lowest BCUT2D eigenvalue weighted by molar-refractivity contribution is 0.0992. The molecule has 1 fully saturated rings. The Labute approximate surface area is 167 Å². The van der Waals surface area contributed by atoms with Gasteiger partial charge in [0.15, 0.2) is 0 Å². The molecule has 1 aliphatic rings. The Kier molecular flexibility index (Phi) is 5.69. The molecule has 0 aromatic heterocycles. The zero-order valence-electron chi connectivity index (χ0n) is 15.1. The van der Waals surface area contributed by atoms with Crippen LogP contribution in [-0.2, 0) is 10.0 Å². The summed E-state index contributed by atoms with van der Waals surface area (Å²) in [5.74, 6) is -1.25. The van der Waals surface area contributed by atoms with E-state index in [1.54, 1.807) is 13.1 Å². The van der Waals surface area contributed by atoms with E-state index in [0.29, 0.717) is 18.8 Å². The van der Waals surface area contributed by atoms with Gasteiger partial charge in [-0.15, -0.1) is 0 Å². The van der Waals surface area contributed by atoms with Crippen LogP contribution in [0.4, 0.5) is 10.1 Å². The first-order valence-electron chi connectivity index (χ1n) is 8.56. The average Bonchev–Trinajstić information content (AvgIpc) is 3.16. The molecule has 27 heavy (non-hydrogen) atoms. The first-order chi connectivity index (χ1) is 12.7. The summed E-state index contributed by atoms with van der Waals surface area (Å²) in [7, 11) is -2.34. The Morgan fingerprint density at radius 2 is 1.81 bits per heavy atom. The molecule has 144 valence electrons. The van der Waals surface area contributed by atoms with Crippen LogP contribution in [0.2, 0.25) is 0 Å². The second-order valence-corrected chi connectivity index (χ2v) is 9.37. The molecule has 3 rings (SSSR count). The highest BCUT2D eigenvalue weighted by Crippen LogP contribution is 2.27. The minimum atomic E-state index is -3.95. The van der Waals surface area contributed by atoms with Gasteiger partial charge in [-0.2, -0.15) is 4.31 Å². The molecule has 1 saturated heterocycles. The van der Waals surface area contributed by atoms with Gasteiger partial charge in [0.2, 0.25) is 10.0 Å². The molecule has 1 heterocycles. The van der Waals surface area contributed by atoms with Crippen LogP contribution in [0.1, 0.15) is 28.8 Å². The van der Waals surface area contributed by atoms with Gasteiger partial charge in [0.1, 0.15) is 10.7 Å². The molecule has 2 aromatic carbocycles. The predicted molar refractivity (Wildman–Crippen MR) is 106 cm³/mol. The van der Waals surface area contributed by atoms with E-state index in [2.05, 4.69) is 15.9 Å². The van der Waals surface area contributed by atoms with Crippen molar-refractivity contribution in [2.45, 2.75) is 24.7 Å². The summed E-state index contributed by atoms with van der Waals surface area (Å²) in [5, 5.41) is 0. The molecule has 1 aliphatic heterocycles. The Morgan fingerprint density at radius 1 is 1.15 bits per heavy atom. The van der Waals surface area contributed by atoms with E-state index >= 15 is 0 Å². The van der Waals surface area contributed by atoms with Crippen molar-refractivity contribution in [3.8, 4) is 0 Å². The maximum absolute atomic E-state index is 14.3. The average molecular weight is 455 g/mol. The summed E-state index contributed by atoms with van der Waals surface area (Å²) >= 11 is 3.38. The monoisotopic (exact) mass is 454 g/mol. The topological polar surface area (TPSA) is 57.7 Å². The first-order valence-corrected chi connectivity index (χ1v) is 10.8. The molecule has 0 aliphatic carbocycles. The molecule has 5 nitrogen and oxygen atoms in total. The molecule has 2 aromatic rings. The minimum Gasteiger partial charge on any atom is -0.311 e. The zero-order chi connectivity index (χ0) is 19.8. The maximum atomic E-state index is 14.3. The number of sulfonamides is 1. The van der Waals surface area contributed by atoms with Crippen molar-refractivity contribution < 1.29 is 17.6 Å². The van der Waals surface area contributed by atoms with E-state index < -0.39 is 26.6 Å². The summed E-state index contributed by atoms with van der Waals surface area (Å²) in [4.78, 5) is 13.9. The number of hydrogen-bond acceptors (Lipinski definition) is 3. The molecule has 8 heteroatoms. The third-order valence-corrected chi connectivity index (χ3v) is 7.09. The van der Waals surface area contributed by atoms with Crippen LogP contribution in [0.5, 0.6) is 0 Å². The number of nitrogens with zero attached hydrogens (tertiary/aromatic N) is 2. The largest absolute Gasteiger partial charge is 0.311 e. The third-order valence-electron chi connectivity index (χ3n) is 4.69. The van der Waals surface area contributed by atoms with Gasteiger partial charge < -0.3 is 4.90 Å². The Balaban J connectivity index is 1.96. The van der Waals surface area contributed by atoms with E-state index in [1.807, 2.05) is 19.1 Å². The number of carbonyl (C=O) groups is 1. The molecule has 0 radical (unpaired) electrons. The molecule has 0 unspecified atom stereocenters. The number of rotatable bonds is 4. The van der Waals surface area contributed by atoms with E-state index in [-0.39, 0.29) is 5.56 Å². The van der Waals surface area contributed by atoms with Crippen molar-refractivity contribution in [2.24, 2.45) is 0 Å². The molecule has 0 bridgehead atoms. The SMILES string of the molecule is Cc1cc(Br)ccc1N(C)C(=O)c1ccc(F)c(S(=O)(=O)N2CCCC2)c1. The second-order valence-electron chi connectivity index (χ2n) is 6.55. The number of anilines is 1. The Bertz CT molecular complexity index is 988. The number of aryl methyl sites for hydroxylation is 1. The van der Waals surface area contributed by atoms with Crippen LogP contribution in [0.3, 0.4) is 0 Å². The number of carbonyl (C=O) groups excluding carboxylic acids is 1. The van der Waals surface area contributed by atoms with Gasteiger partial charge in [-0.25, -0.2) is 12.8 Å². The molecular weight excluding hydrogens is 435 g/mol. The van der Waals surface area contributed by atoms with Gasteiger partial charge in [-0.3, -0.25) is 4.79 Å². The second kappa shape index (κ2) is 7.69. The summed E-state index contributed by atoms with van der Waals surface area (Å²) in [6.07, 6.45) is 1.51. The van der Waals surface area contributed by atoms with E-state index in [9.17, 15) is 17.6 Å². The fourth-order valence-electron chi connectivity index (χ4n) is 3.20. The van der Waals surface area contributed by atoms with Gasteiger partial charge in [0, 0.05) is 35.9 Å². The smallest absolute Gasteiger partial charge is 0.258 e. The Hall–Kier alpha value is -1.77. The fourth-order valence-corrected chi connectivity index (χ4v) is 5.28. The van der Waals surface area contributed by atoms with Crippen molar-refractivity contribution in [1.82, 2.24) is 4.31 Å². The van der Waals surface area contributed by atoms with Gasteiger partial charge in [-0.05, 0) is 61.7 Å². The first kappa shape index (κ1) is 20.0. The van der Waals surface area contributed by atoms with Gasteiger partial charge in [0.05, 0.1) is 0 Å². The van der Waals surface area contributed by atoms with Gasteiger partial charge >= 0.3 is 0 Å². The maximum Gasteiger partial charge on any atom is 0.258 e. The van der Waals surface area contributed by atoms with Gasteiger partial charge in [0.25, 0.3) is 5.91 Å². The number of halogens is 2. The zero-order valence-corrected chi connectivity index (χ0v) is 17.5. The van der Waals surface area contributed by atoms with Crippen LogP contribution in [0.25, 0.3) is 0 Å². The number of benzene rings is 2. The van der Waals surface area contributed by atoms with Crippen molar-refractivity contribution in [3.63, 3.8) is 0 Å². The lowest BCUT2D eigenvalue weighted by Crippen LogP contribution is -2.30. The standard InChI is InChI=1S/C19H20BrFN2O3S/c1-13-11-15(20)6-8-17(13)22(2)19(24)14-5-7-16(21)18(12-14)27(25,26)23-9-3-4-10-23/h5-8,11-12H,3-4,9-10H2,1-2H3. The molecule has 0 spiro atoms. The van der Waals surface area contributed by atoms with E-state index in [4.69, 9.17) is 0 Å². The lowest BCUT2D eigenvalue weighted by Gasteiger charge is -2.21. The van der Waals surface area contributed by atoms with Crippen LogP contribution < -0.4 is 4.90 Å². The Morgan fingerprint density at radius 3 is 2.44 bits per heavy atom. The van der Waals surface area contributed by atoms with Crippen molar-refractivity contribution in [2.75, 3.05) is 25.0 Å². The number of hydrogen-bond donors (Lipinski definition) is 0. The minimum absolute atomic E-state index is 0.124. The fraction of sp³-hybridized carbons (Fsp3) is 0.316. The molecule has 1 amide bonds. The van der Waals surface area contributed by atoms with E-state index in [0.717, 1.165) is 35.0 Å². The quantitative estimate of drug-likeness (QED) is 0.702. The number of amides is 1. The lowest BCUT2D eigenvalue weighted by atomic mass is 10.1. The predicted octanol–water partition coefficient (Wildman–Crippen LogP) is 3.96. The molecular formula is C19H20BrFN2O3S. The van der Waals surface area contributed by atoms with Crippen LogP contribution in [0, 0.1) is 12.7 Å². The van der Waals surface area contributed by atoms with Crippen LogP contribution in [-0.4, -0.2) is 38.8 Å². The highest BCUT2D eigenvalue weighted by molar-refractivity contribution is 9.10. The highest BCUT2D eigenvalue weighted by atomic mass is 79.9. The summed E-state index contributed by atoms with van der Waals surface area (Å²) < 4.78 is 41.9. The summed E-state index contributed by atoms with van der Waals surface area (Å²) in [5.41, 5.74) is 1.70. The normalized spacial score (nSPS) is 15.1. The van der Waals surface area contributed by atoms with Crippen molar-refractivity contribution in [3.05, 3.63) is 57.8 Å². The van der Waals surface area contributed by atoms with Crippen molar-refractivity contribution >= 4 is 37.5 Å².